The third kappa shape index (κ3) is 2.67. The minimum atomic E-state index is -0.141. The van der Waals surface area contributed by atoms with Gasteiger partial charge >= 0.3 is 0 Å². The van der Waals surface area contributed by atoms with Gasteiger partial charge in [-0.15, -0.1) is 0 Å². The average Bonchev–Trinajstić information content (AvgIpc) is 2.18. The van der Waals surface area contributed by atoms with Gasteiger partial charge in [0.2, 0.25) is 0 Å². The van der Waals surface area contributed by atoms with E-state index in [1.807, 2.05) is 19.1 Å². The van der Waals surface area contributed by atoms with E-state index in [-0.39, 0.29) is 6.73 Å². The predicted octanol–water partition coefficient (Wildman–Crippen LogP) is 2.57. The fraction of sp³-hybridized carbons (Fsp3) is 0.417. The zero-order valence-electron chi connectivity index (χ0n) is 8.99. The van der Waals surface area contributed by atoms with Crippen LogP contribution < -0.4 is 0 Å². The first-order chi connectivity index (χ1) is 6.65. The minimum absolute atomic E-state index is 0.141. The molecular weight excluding hydrogens is 174 g/mol. The van der Waals surface area contributed by atoms with Gasteiger partial charge in [0, 0.05) is 5.71 Å². The lowest BCUT2D eigenvalue weighted by atomic mass is 9.99. The second kappa shape index (κ2) is 4.91. The van der Waals surface area contributed by atoms with E-state index < -0.39 is 0 Å². The van der Waals surface area contributed by atoms with Crippen LogP contribution in [0.25, 0.3) is 0 Å². The highest BCUT2D eigenvalue weighted by Gasteiger charge is 2.01. The SMILES string of the molecule is CC(=NCO)c1cccc(C(C)C)c1. The van der Waals surface area contributed by atoms with E-state index in [1.165, 1.54) is 5.56 Å². The van der Waals surface area contributed by atoms with Crippen molar-refractivity contribution >= 4 is 5.71 Å². The van der Waals surface area contributed by atoms with E-state index >= 15 is 0 Å². The van der Waals surface area contributed by atoms with Crippen molar-refractivity contribution in [2.24, 2.45) is 4.99 Å². The zero-order valence-corrected chi connectivity index (χ0v) is 8.99. The van der Waals surface area contributed by atoms with E-state index in [0.717, 1.165) is 11.3 Å². The molecule has 0 heterocycles. The average molecular weight is 191 g/mol. The summed E-state index contributed by atoms with van der Waals surface area (Å²) in [6, 6.07) is 8.28. The molecule has 0 bridgehead atoms. The Hall–Kier alpha value is -1.15. The summed E-state index contributed by atoms with van der Waals surface area (Å²) in [6.07, 6.45) is 0. The second-order valence-electron chi connectivity index (χ2n) is 3.67. The summed E-state index contributed by atoms with van der Waals surface area (Å²) in [5.41, 5.74) is 3.27. The summed E-state index contributed by atoms with van der Waals surface area (Å²) in [4.78, 5) is 3.97. The molecule has 76 valence electrons. The van der Waals surface area contributed by atoms with Crippen molar-refractivity contribution in [1.29, 1.82) is 0 Å². The molecule has 0 saturated carbocycles. The normalized spacial score (nSPS) is 12.2. The maximum Gasteiger partial charge on any atom is 0.134 e. The maximum absolute atomic E-state index is 8.69. The fourth-order valence-corrected chi connectivity index (χ4v) is 1.32. The molecule has 0 aromatic heterocycles. The van der Waals surface area contributed by atoms with Crippen molar-refractivity contribution in [3.8, 4) is 0 Å². The van der Waals surface area contributed by atoms with Crippen LogP contribution in [0.5, 0.6) is 0 Å². The zero-order chi connectivity index (χ0) is 10.6. The Morgan fingerprint density at radius 2 is 2.14 bits per heavy atom. The van der Waals surface area contributed by atoms with Crippen LogP contribution in [0.2, 0.25) is 0 Å². The van der Waals surface area contributed by atoms with Crippen molar-refractivity contribution in [3.63, 3.8) is 0 Å². The Morgan fingerprint density at radius 3 is 2.71 bits per heavy atom. The van der Waals surface area contributed by atoms with E-state index in [2.05, 4.69) is 31.0 Å². The lowest BCUT2D eigenvalue weighted by molar-refractivity contribution is 0.309. The molecule has 1 aromatic carbocycles. The number of hydrogen-bond acceptors (Lipinski definition) is 2. The third-order valence-electron chi connectivity index (χ3n) is 2.28. The maximum atomic E-state index is 8.69. The molecule has 2 nitrogen and oxygen atoms in total. The number of benzene rings is 1. The predicted molar refractivity (Wildman–Crippen MR) is 59.8 cm³/mol. The Morgan fingerprint density at radius 1 is 1.43 bits per heavy atom. The van der Waals surface area contributed by atoms with Crippen LogP contribution in [-0.2, 0) is 0 Å². The molecule has 1 N–H and O–H groups in total. The quantitative estimate of drug-likeness (QED) is 0.732. The molecule has 0 saturated heterocycles. The summed E-state index contributed by atoms with van der Waals surface area (Å²) < 4.78 is 0. The molecule has 0 aliphatic carbocycles. The molecule has 0 radical (unpaired) electrons. The number of rotatable bonds is 3. The van der Waals surface area contributed by atoms with Crippen molar-refractivity contribution in [2.45, 2.75) is 26.7 Å². The molecule has 0 fully saturated rings. The van der Waals surface area contributed by atoms with E-state index in [1.54, 1.807) is 0 Å². The van der Waals surface area contributed by atoms with Crippen molar-refractivity contribution in [2.75, 3.05) is 6.73 Å². The van der Waals surface area contributed by atoms with Crippen molar-refractivity contribution in [1.82, 2.24) is 0 Å². The molecule has 0 aliphatic rings. The summed E-state index contributed by atoms with van der Waals surface area (Å²) in [5.74, 6) is 0.525. The van der Waals surface area contributed by atoms with E-state index in [0.29, 0.717) is 5.92 Å². The first-order valence-corrected chi connectivity index (χ1v) is 4.87. The van der Waals surface area contributed by atoms with Gasteiger partial charge in [0.1, 0.15) is 6.73 Å². The van der Waals surface area contributed by atoms with Gasteiger partial charge < -0.3 is 5.11 Å². The largest absolute Gasteiger partial charge is 0.375 e. The van der Waals surface area contributed by atoms with E-state index in [4.69, 9.17) is 5.11 Å². The fourth-order valence-electron chi connectivity index (χ4n) is 1.32. The summed E-state index contributed by atoms with van der Waals surface area (Å²) in [5, 5.41) is 8.69. The number of aliphatic hydroxyl groups excluding tert-OH is 1. The van der Waals surface area contributed by atoms with Crippen LogP contribution in [0.1, 0.15) is 37.8 Å². The molecule has 0 unspecified atom stereocenters. The highest BCUT2D eigenvalue weighted by molar-refractivity contribution is 5.98. The van der Waals surface area contributed by atoms with Crippen LogP contribution in [0.3, 0.4) is 0 Å². The summed E-state index contributed by atoms with van der Waals surface area (Å²) >= 11 is 0. The van der Waals surface area contributed by atoms with Gasteiger partial charge in [-0.05, 0) is 30.0 Å². The van der Waals surface area contributed by atoms with Crippen LogP contribution in [0.15, 0.2) is 29.3 Å². The molecular formula is C12H17NO. The van der Waals surface area contributed by atoms with Gasteiger partial charge in [-0.3, -0.25) is 4.99 Å². The highest BCUT2D eigenvalue weighted by Crippen LogP contribution is 2.15. The second-order valence-corrected chi connectivity index (χ2v) is 3.67. The topological polar surface area (TPSA) is 32.6 Å². The van der Waals surface area contributed by atoms with Gasteiger partial charge in [-0.1, -0.05) is 32.0 Å². The van der Waals surface area contributed by atoms with Crippen LogP contribution in [-0.4, -0.2) is 17.5 Å². The third-order valence-corrected chi connectivity index (χ3v) is 2.28. The summed E-state index contributed by atoms with van der Waals surface area (Å²) in [6.45, 7) is 6.10. The van der Waals surface area contributed by atoms with E-state index in [9.17, 15) is 0 Å². The van der Waals surface area contributed by atoms with Gasteiger partial charge in [-0.25, -0.2) is 0 Å². The standard InChI is InChI=1S/C12H17NO/c1-9(2)11-5-4-6-12(7-11)10(3)13-8-14/h4-7,9,14H,8H2,1-3H3. The smallest absolute Gasteiger partial charge is 0.134 e. The molecule has 0 atom stereocenters. The number of nitrogens with zero attached hydrogens (tertiary/aromatic N) is 1. The summed E-state index contributed by atoms with van der Waals surface area (Å²) in [7, 11) is 0. The van der Waals surface area contributed by atoms with Gasteiger partial charge in [0.15, 0.2) is 0 Å². The molecule has 2 heteroatoms. The molecule has 0 aliphatic heterocycles. The van der Waals surface area contributed by atoms with Crippen molar-refractivity contribution in [3.05, 3.63) is 35.4 Å². The first kappa shape index (κ1) is 10.9. The minimum Gasteiger partial charge on any atom is -0.375 e. The van der Waals surface area contributed by atoms with Crippen molar-refractivity contribution < 1.29 is 5.11 Å². The first-order valence-electron chi connectivity index (χ1n) is 4.87. The highest BCUT2D eigenvalue weighted by atomic mass is 16.3. The Labute approximate surface area is 85.3 Å². The Kier molecular flexibility index (Phi) is 3.84. The number of aliphatic imine (C=N–C) groups is 1. The Balaban J connectivity index is 2.99. The lowest BCUT2D eigenvalue weighted by Crippen LogP contribution is -1.98. The molecule has 14 heavy (non-hydrogen) atoms. The number of aliphatic hydroxyl groups is 1. The van der Waals surface area contributed by atoms with Gasteiger partial charge in [0.25, 0.3) is 0 Å². The van der Waals surface area contributed by atoms with Crippen LogP contribution >= 0.6 is 0 Å². The van der Waals surface area contributed by atoms with Crippen LogP contribution in [0, 0.1) is 0 Å². The number of hydrogen-bond donors (Lipinski definition) is 1. The molecule has 1 aromatic rings. The monoisotopic (exact) mass is 191 g/mol. The Bertz CT molecular complexity index is 329. The lowest BCUT2D eigenvalue weighted by Gasteiger charge is -2.07. The molecule has 1 rings (SSSR count). The molecule has 0 spiro atoms. The van der Waals surface area contributed by atoms with Crippen LogP contribution in [0.4, 0.5) is 0 Å². The van der Waals surface area contributed by atoms with Gasteiger partial charge in [0.05, 0.1) is 0 Å². The van der Waals surface area contributed by atoms with Gasteiger partial charge in [-0.2, -0.15) is 0 Å². The molecule has 0 amide bonds.